The van der Waals surface area contributed by atoms with Crippen molar-refractivity contribution in [2.24, 2.45) is 0 Å². The molecule has 1 N–H and O–H groups in total. The van der Waals surface area contributed by atoms with Crippen LogP contribution in [-0.4, -0.2) is 51.9 Å². The highest BCUT2D eigenvalue weighted by Gasteiger charge is 2.25. The van der Waals surface area contributed by atoms with Gasteiger partial charge in [-0.3, -0.25) is 0 Å². The van der Waals surface area contributed by atoms with E-state index in [4.69, 9.17) is 5.10 Å². The van der Waals surface area contributed by atoms with Crippen LogP contribution in [0.5, 0.6) is 0 Å². The molecule has 0 unspecified atom stereocenters. The predicted molar refractivity (Wildman–Crippen MR) is 115 cm³/mol. The summed E-state index contributed by atoms with van der Waals surface area (Å²) in [6, 6.07) is 13.6. The number of hydrogen-bond acceptors (Lipinski definition) is 4. The normalized spacial score (nSPS) is 14.2. The molecule has 1 fully saturated rings. The topological polar surface area (TPSA) is 66.3 Å². The van der Waals surface area contributed by atoms with Crippen molar-refractivity contribution in [3.05, 3.63) is 65.6 Å². The highest BCUT2D eigenvalue weighted by molar-refractivity contribution is 5.89. The molecule has 2 amide bonds. The zero-order valence-electron chi connectivity index (χ0n) is 17.1. The Morgan fingerprint density at radius 2 is 1.79 bits per heavy atom. The smallest absolute Gasteiger partial charge is 0.321 e. The fraction of sp³-hybridized carbons (Fsp3) is 0.318. The van der Waals surface area contributed by atoms with Gasteiger partial charge in [-0.25, -0.2) is 14.5 Å². The van der Waals surface area contributed by atoms with E-state index in [1.807, 2.05) is 65.9 Å². The Kier molecular flexibility index (Phi) is 5.20. The van der Waals surface area contributed by atoms with E-state index < -0.39 is 0 Å². The van der Waals surface area contributed by atoms with Crippen LogP contribution in [0.25, 0.3) is 5.82 Å². The van der Waals surface area contributed by atoms with Gasteiger partial charge in [-0.15, -0.1) is 0 Å². The molecule has 0 bridgehead atoms. The van der Waals surface area contributed by atoms with E-state index in [0.717, 1.165) is 47.2 Å². The third-order valence-corrected chi connectivity index (χ3v) is 5.27. The Balaban J connectivity index is 1.43. The van der Waals surface area contributed by atoms with Gasteiger partial charge in [0, 0.05) is 38.1 Å². The molecule has 1 aliphatic heterocycles. The zero-order valence-corrected chi connectivity index (χ0v) is 17.1. The van der Waals surface area contributed by atoms with Crippen LogP contribution in [0.2, 0.25) is 0 Å². The van der Waals surface area contributed by atoms with Crippen LogP contribution in [0, 0.1) is 20.8 Å². The summed E-state index contributed by atoms with van der Waals surface area (Å²) in [6.45, 7) is 9.01. The van der Waals surface area contributed by atoms with Crippen LogP contribution in [-0.2, 0) is 0 Å². The summed E-state index contributed by atoms with van der Waals surface area (Å²) in [6.07, 6.45) is 1.77. The SMILES string of the molecule is Cc1cccc(NC(=O)N2CCN(c3c(C)nn(-c4ccccn4)c3C)CC2)c1. The lowest BCUT2D eigenvalue weighted by Gasteiger charge is -2.36. The molecule has 2 aromatic heterocycles. The van der Waals surface area contributed by atoms with E-state index >= 15 is 0 Å². The Hall–Kier alpha value is -3.35. The van der Waals surface area contributed by atoms with Crippen molar-refractivity contribution >= 4 is 17.4 Å². The minimum atomic E-state index is -0.0483. The fourth-order valence-corrected chi connectivity index (χ4v) is 3.85. The number of pyridine rings is 1. The second-order valence-corrected chi connectivity index (χ2v) is 7.39. The summed E-state index contributed by atoms with van der Waals surface area (Å²) in [5, 5.41) is 7.69. The molecule has 29 heavy (non-hydrogen) atoms. The monoisotopic (exact) mass is 390 g/mol. The molecule has 0 radical (unpaired) electrons. The number of piperazine rings is 1. The molecule has 1 aromatic carbocycles. The number of nitrogens with zero attached hydrogens (tertiary/aromatic N) is 5. The van der Waals surface area contributed by atoms with Crippen molar-refractivity contribution in [1.82, 2.24) is 19.7 Å². The number of rotatable bonds is 3. The van der Waals surface area contributed by atoms with Crippen molar-refractivity contribution in [2.75, 3.05) is 36.4 Å². The first kappa shape index (κ1) is 19.0. The Labute approximate surface area is 171 Å². The average molecular weight is 390 g/mol. The second kappa shape index (κ2) is 7.95. The number of nitrogens with one attached hydrogen (secondary N) is 1. The van der Waals surface area contributed by atoms with Gasteiger partial charge < -0.3 is 15.1 Å². The molecule has 1 aliphatic rings. The van der Waals surface area contributed by atoms with Crippen LogP contribution in [0.15, 0.2) is 48.7 Å². The predicted octanol–water partition coefficient (Wildman–Crippen LogP) is 3.55. The molecule has 1 saturated heterocycles. The van der Waals surface area contributed by atoms with Crippen molar-refractivity contribution in [3.63, 3.8) is 0 Å². The van der Waals surface area contributed by atoms with E-state index in [9.17, 15) is 4.79 Å². The van der Waals surface area contributed by atoms with E-state index in [1.165, 1.54) is 0 Å². The van der Waals surface area contributed by atoms with E-state index in [2.05, 4.69) is 22.1 Å². The molecule has 4 rings (SSSR count). The molecule has 3 aromatic rings. The van der Waals surface area contributed by atoms with Gasteiger partial charge in [-0.2, -0.15) is 5.10 Å². The number of carbonyl (C=O) groups is 1. The number of hydrogen-bond donors (Lipinski definition) is 1. The number of aryl methyl sites for hydroxylation is 2. The number of anilines is 2. The number of amides is 2. The van der Waals surface area contributed by atoms with Gasteiger partial charge in [0.05, 0.1) is 17.1 Å². The van der Waals surface area contributed by atoms with E-state index in [-0.39, 0.29) is 6.03 Å². The molecular formula is C22H26N6O. The van der Waals surface area contributed by atoms with Crippen molar-refractivity contribution in [1.29, 1.82) is 0 Å². The molecule has 7 heteroatoms. The third-order valence-electron chi connectivity index (χ3n) is 5.27. The second-order valence-electron chi connectivity index (χ2n) is 7.39. The summed E-state index contributed by atoms with van der Waals surface area (Å²) >= 11 is 0. The molecule has 0 aliphatic carbocycles. The van der Waals surface area contributed by atoms with Crippen molar-refractivity contribution < 1.29 is 4.79 Å². The number of carbonyl (C=O) groups excluding carboxylic acids is 1. The number of urea groups is 1. The molecule has 150 valence electrons. The van der Waals surface area contributed by atoms with Crippen LogP contribution in [0.3, 0.4) is 0 Å². The van der Waals surface area contributed by atoms with Crippen LogP contribution in [0.1, 0.15) is 17.0 Å². The summed E-state index contributed by atoms with van der Waals surface area (Å²) < 4.78 is 1.89. The Morgan fingerprint density at radius 3 is 2.48 bits per heavy atom. The average Bonchev–Trinajstić information content (AvgIpc) is 3.03. The van der Waals surface area contributed by atoms with Crippen LogP contribution >= 0.6 is 0 Å². The number of aromatic nitrogens is 3. The Bertz CT molecular complexity index is 1010. The minimum absolute atomic E-state index is 0.0483. The molecule has 0 atom stereocenters. The van der Waals surface area contributed by atoms with Crippen molar-refractivity contribution in [2.45, 2.75) is 20.8 Å². The maximum Gasteiger partial charge on any atom is 0.321 e. The van der Waals surface area contributed by atoms with Gasteiger partial charge in [-0.1, -0.05) is 18.2 Å². The highest BCUT2D eigenvalue weighted by Crippen LogP contribution is 2.27. The lowest BCUT2D eigenvalue weighted by Crippen LogP contribution is -2.50. The first-order valence-electron chi connectivity index (χ1n) is 9.88. The lowest BCUT2D eigenvalue weighted by molar-refractivity contribution is 0.208. The first-order valence-corrected chi connectivity index (χ1v) is 9.88. The summed E-state index contributed by atoms with van der Waals surface area (Å²) in [5.74, 6) is 0.815. The van der Waals surface area contributed by atoms with Crippen LogP contribution in [0.4, 0.5) is 16.2 Å². The summed E-state index contributed by atoms with van der Waals surface area (Å²) in [7, 11) is 0. The molecule has 3 heterocycles. The minimum Gasteiger partial charge on any atom is -0.365 e. The van der Waals surface area contributed by atoms with Gasteiger partial charge in [-0.05, 0) is 50.6 Å². The van der Waals surface area contributed by atoms with Gasteiger partial charge >= 0.3 is 6.03 Å². The van der Waals surface area contributed by atoms with Gasteiger partial charge in [0.1, 0.15) is 0 Å². The maximum absolute atomic E-state index is 12.6. The van der Waals surface area contributed by atoms with E-state index in [0.29, 0.717) is 13.1 Å². The van der Waals surface area contributed by atoms with Crippen LogP contribution < -0.4 is 10.2 Å². The lowest BCUT2D eigenvalue weighted by atomic mass is 10.2. The highest BCUT2D eigenvalue weighted by atomic mass is 16.2. The van der Waals surface area contributed by atoms with Crippen molar-refractivity contribution in [3.8, 4) is 5.82 Å². The number of benzene rings is 1. The molecule has 0 spiro atoms. The van der Waals surface area contributed by atoms with Gasteiger partial charge in [0.25, 0.3) is 0 Å². The fourth-order valence-electron chi connectivity index (χ4n) is 3.85. The standard InChI is InChI=1S/C22H26N6O/c1-16-7-6-8-19(15-16)24-22(29)27-13-11-26(12-14-27)21-17(2)25-28(18(21)3)20-9-4-5-10-23-20/h4-10,15H,11-14H2,1-3H3,(H,24,29). The van der Waals surface area contributed by atoms with Gasteiger partial charge in [0.2, 0.25) is 0 Å². The summed E-state index contributed by atoms with van der Waals surface area (Å²) in [4.78, 5) is 21.2. The quantitative estimate of drug-likeness (QED) is 0.743. The third kappa shape index (κ3) is 3.94. The van der Waals surface area contributed by atoms with E-state index in [1.54, 1.807) is 6.20 Å². The molecular weight excluding hydrogens is 364 g/mol. The largest absolute Gasteiger partial charge is 0.365 e. The zero-order chi connectivity index (χ0) is 20.4. The molecule has 0 saturated carbocycles. The molecule has 7 nitrogen and oxygen atoms in total. The first-order chi connectivity index (χ1) is 14.0. The Morgan fingerprint density at radius 1 is 1.00 bits per heavy atom. The van der Waals surface area contributed by atoms with Gasteiger partial charge in [0.15, 0.2) is 5.82 Å². The maximum atomic E-state index is 12.6. The summed E-state index contributed by atoms with van der Waals surface area (Å²) in [5.41, 5.74) is 5.14.